The number of para-hydroxylation sites is 1. The van der Waals surface area contributed by atoms with E-state index >= 15 is 0 Å². The van der Waals surface area contributed by atoms with Crippen LogP contribution in [0.5, 0.6) is 0 Å². The number of carbonyl (C=O) groups is 1. The first-order valence-electron chi connectivity index (χ1n) is 6.76. The minimum Gasteiger partial charge on any atom is -0.447 e. The van der Waals surface area contributed by atoms with Crippen LogP contribution < -0.4 is 4.72 Å². The molecule has 1 N–H and O–H groups in total. The molecule has 1 aromatic rings. The van der Waals surface area contributed by atoms with Gasteiger partial charge in [-0.15, -0.1) is 0 Å². The molecule has 1 unspecified atom stereocenters. The van der Waals surface area contributed by atoms with Crippen molar-refractivity contribution < 1.29 is 31.1 Å². The third-order valence-electron chi connectivity index (χ3n) is 3.45. The van der Waals surface area contributed by atoms with Crippen molar-refractivity contribution in [1.82, 2.24) is 4.90 Å². The molecule has 1 saturated heterocycles. The molecule has 6 nitrogen and oxygen atoms in total. The van der Waals surface area contributed by atoms with Crippen molar-refractivity contribution in [2.24, 2.45) is 0 Å². The Kier molecular flexibility index (Phi) is 4.73. The summed E-state index contributed by atoms with van der Waals surface area (Å²) in [6.07, 6.45) is 0.0349. The van der Waals surface area contributed by atoms with Gasteiger partial charge < -0.3 is 4.74 Å². The average Bonchev–Trinajstić information content (AvgIpc) is 2.80. The molecule has 0 saturated carbocycles. The minimum absolute atomic E-state index is 0.0477. The van der Waals surface area contributed by atoms with Gasteiger partial charge in [0.15, 0.2) is 0 Å². The molecular weight excluding hydrogens is 337 g/mol. The summed E-state index contributed by atoms with van der Waals surface area (Å²) in [6, 6.07) is 5.41. The molecule has 1 aliphatic heterocycles. The zero-order valence-electron chi connectivity index (χ0n) is 12.1. The number of benzene rings is 1. The molecule has 1 atom stereocenters. The topological polar surface area (TPSA) is 75.7 Å². The van der Waals surface area contributed by atoms with Gasteiger partial charge in [0.05, 0.1) is 18.3 Å². The van der Waals surface area contributed by atoms with Gasteiger partial charge in [0.25, 0.3) is 0 Å². The number of sulfonamides is 1. The van der Waals surface area contributed by atoms with Gasteiger partial charge in [0.1, 0.15) is 6.61 Å². The van der Waals surface area contributed by atoms with E-state index in [1.807, 2.05) is 6.92 Å². The van der Waals surface area contributed by atoms with Crippen LogP contribution in [0.25, 0.3) is 0 Å². The molecule has 1 aromatic carbocycles. The van der Waals surface area contributed by atoms with Gasteiger partial charge in [0, 0.05) is 0 Å². The number of alkyl halides is 3. The van der Waals surface area contributed by atoms with Crippen LogP contribution in [0.4, 0.5) is 23.7 Å². The van der Waals surface area contributed by atoms with E-state index < -0.39 is 21.6 Å². The van der Waals surface area contributed by atoms with E-state index in [-0.39, 0.29) is 30.4 Å². The first-order chi connectivity index (χ1) is 10.7. The zero-order valence-corrected chi connectivity index (χ0v) is 12.9. The van der Waals surface area contributed by atoms with E-state index in [1.165, 1.54) is 27.8 Å². The molecule has 1 fully saturated rings. The lowest BCUT2D eigenvalue weighted by atomic mass is 10.1. The predicted octanol–water partition coefficient (Wildman–Crippen LogP) is 2.68. The highest BCUT2D eigenvalue weighted by Crippen LogP contribution is 2.28. The smallest absolute Gasteiger partial charge is 0.447 e. The second kappa shape index (κ2) is 6.26. The van der Waals surface area contributed by atoms with Crippen molar-refractivity contribution >= 4 is 21.8 Å². The van der Waals surface area contributed by atoms with Crippen LogP contribution in [0.15, 0.2) is 24.3 Å². The van der Waals surface area contributed by atoms with Crippen LogP contribution in [0.2, 0.25) is 0 Å². The number of ether oxygens (including phenoxy) is 1. The zero-order chi connectivity index (χ0) is 17.3. The number of anilines is 1. The second-order valence-corrected chi connectivity index (χ2v) is 6.65. The molecular formula is C13H15F3N2O4S. The number of halogens is 3. The van der Waals surface area contributed by atoms with Gasteiger partial charge >= 0.3 is 21.6 Å². The van der Waals surface area contributed by atoms with Gasteiger partial charge in [-0.05, 0) is 18.1 Å². The van der Waals surface area contributed by atoms with E-state index in [9.17, 15) is 26.4 Å². The summed E-state index contributed by atoms with van der Waals surface area (Å²) in [5, 5.41) is 0. The lowest BCUT2D eigenvalue weighted by Gasteiger charge is -2.22. The third-order valence-corrected chi connectivity index (χ3v) is 4.55. The molecule has 1 amide bonds. The lowest BCUT2D eigenvalue weighted by Crippen LogP contribution is -2.33. The summed E-state index contributed by atoms with van der Waals surface area (Å²) in [6.45, 7) is 2.00. The number of cyclic esters (lactones) is 1. The molecule has 2 rings (SSSR count). The largest absolute Gasteiger partial charge is 0.516 e. The standard InChI is InChI=1S/C13H15F3N2O4S/c1-2-10-8-22-12(19)18(10)7-9-5-3-4-6-11(9)17-23(20,21)13(14,15)16/h3-6,10,17H,2,7-8H2,1H3. The minimum atomic E-state index is -5.52. The van der Waals surface area contributed by atoms with Crippen molar-refractivity contribution in [3.8, 4) is 0 Å². The first kappa shape index (κ1) is 17.4. The van der Waals surface area contributed by atoms with Gasteiger partial charge in [-0.3, -0.25) is 9.62 Å². The van der Waals surface area contributed by atoms with Crippen molar-refractivity contribution in [1.29, 1.82) is 0 Å². The Morgan fingerprint density at radius 3 is 2.61 bits per heavy atom. The summed E-state index contributed by atoms with van der Waals surface area (Å²) in [7, 11) is -5.52. The normalized spacial score (nSPS) is 18.9. The van der Waals surface area contributed by atoms with Gasteiger partial charge in [-0.25, -0.2) is 4.79 Å². The first-order valence-corrected chi connectivity index (χ1v) is 8.24. The molecule has 0 spiro atoms. The molecule has 10 heteroatoms. The van der Waals surface area contributed by atoms with Crippen molar-refractivity contribution in [3.63, 3.8) is 0 Å². The number of rotatable bonds is 5. The Labute approximate surface area is 131 Å². The molecule has 0 bridgehead atoms. The number of amides is 1. The third kappa shape index (κ3) is 3.69. The van der Waals surface area contributed by atoms with Gasteiger partial charge in [0.2, 0.25) is 0 Å². The van der Waals surface area contributed by atoms with Crippen LogP contribution >= 0.6 is 0 Å². The molecule has 1 aliphatic rings. The maximum absolute atomic E-state index is 12.5. The summed E-state index contributed by atoms with van der Waals surface area (Å²) >= 11 is 0. The highest BCUT2D eigenvalue weighted by molar-refractivity contribution is 7.93. The SMILES string of the molecule is CCC1COC(=O)N1Cc1ccccc1NS(=O)(=O)C(F)(F)F. The fourth-order valence-electron chi connectivity index (χ4n) is 2.17. The van der Waals surface area contributed by atoms with Crippen LogP contribution in [0, 0.1) is 0 Å². The van der Waals surface area contributed by atoms with Crippen molar-refractivity contribution in [3.05, 3.63) is 29.8 Å². The molecule has 1 heterocycles. The average molecular weight is 352 g/mol. The Balaban J connectivity index is 2.26. The number of hydrogen-bond acceptors (Lipinski definition) is 4. The Hall–Kier alpha value is -1.97. The Bertz CT molecular complexity index is 691. The van der Waals surface area contributed by atoms with E-state index in [4.69, 9.17) is 4.74 Å². The summed E-state index contributed by atoms with van der Waals surface area (Å²) in [4.78, 5) is 13.1. The number of hydrogen-bond donors (Lipinski definition) is 1. The quantitative estimate of drug-likeness (QED) is 0.884. The van der Waals surface area contributed by atoms with Crippen LogP contribution in [0.1, 0.15) is 18.9 Å². The highest BCUT2D eigenvalue weighted by atomic mass is 32.2. The molecule has 0 aliphatic carbocycles. The highest BCUT2D eigenvalue weighted by Gasteiger charge is 2.46. The fraction of sp³-hybridized carbons (Fsp3) is 0.462. The van der Waals surface area contributed by atoms with E-state index in [1.54, 1.807) is 6.07 Å². The maximum Gasteiger partial charge on any atom is 0.516 e. The number of nitrogens with one attached hydrogen (secondary N) is 1. The van der Waals surface area contributed by atoms with Crippen LogP contribution in [-0.2, 0) is 21.3 Å². The number of carbonyl (C=O) groups excluding carboxylic acids is 1. The molecule has 0 aromatic heterocycles. The lowest BCUT2D eigenvalue weighted by molar-refractivity contribution is -0.0429. The van der Waals surface area contributed by atoms with Crippen LogP contribution in [-0.4, -0.2) is 37.6 Å². The number of nitrogens with zero attached hydrogens (tertiary/aromatic N) is 1. The van der Waals surface area contributed by atoms with Gasteiger partial charge in [-0.2, -0.15) is 21.6 Å². The van der Waals surface area contributed by atoms with E-state index in [0.29, 0.717) is 6.42 Å². The fourth-order valence-corrected chi connectivity index (χ4v) is 2.77. The predicted molar refractivity (Wildman–Crippen MR) is 76.0 cm³/mol. The summed E-state index contributed by atoms with van der Waals surface area (Å²) < 4.78 is 66.4. The monoisotopic (exact) mass is 352 g/mol. The van der Waals surface area contributed by atoms with Gasteiger partial charge in [-0.1, -0.05) is 25.1 Å². The van der Waals surface area contributed by atoms with E-state index in [2.05, 4.69) is 0 Å². The summed E-state index contributed by atoms with van der Waals surface area (Å²) in [5.74, 6) is 0. The van der Waals surface area contributed by atoms with E-state index in [0.717, 1.165) is 0 Å². The Morgan fingerprint density at radius 2 is 2.00 bits per heavy atom. The molecule has 0 radical (unpaired) electrons. The van der Waals surface area contributed by atoms with Crippen molar-refractivity contribution in [2.45, 2.75) is 31.4 Å². The van der Waals surface area contributed by atoms with Crippen LogP contribution in [0.3, 0.4) is 0 Å². The Morgan fingerprint density at radius 1 is 1.35 bits per heavy atom. The molecule has 23 heavy (non-hydrogen) atoms. The molecule has 128 valence electrons. The summed E-state index contributed by atoms with van der Waals surface area (Å²) in [5.41, 5.74) is -5.39. The van der Waals surface area contributed by atoms with Crippen molar-refractivity contribution in [2.75, 3.05) is 11.3 Å². The maximum atomic E-state index is 12.5. The second-order valence-electron chi connectivity index (χ2n) is 4.98.